The van der Waals surface area contributed by atoms with Crippen molar-refractivity contribution in [2.45, 2.75) is 37.2 Å². The maximum Gasteiger partial charge on any atom is 0.251 e. The van der Waals surface area contributed by atoms with Gasteiger partial charge in [0.05, 0.1) is 4.90 Å². The second kappa shape index (κ2) is 8.65. The summed E-state index contributed by atoms with van der Waals surface area (Å²) in [5, 5.41) is 6.20. The van der Waals surface area contributed by atoms with Crippen LogP contribution in [0.3, 0.4) is 0 Å². The zero-order valence-corrected chi connectivity index (χ0v) is 16.2. The predicted molar refractivity (Wildman–Crippen MR) is 105 cm³/mol. The van der Waals surface area contributed by atoms with Crippen LogP contribution in [0.15, 0.2) is 53.4 Å². The van der Waals surface area contributed by atoms with Gasteiger partial charge in [-0.2, -0.15) is 0 Å². The third kappa shape index (κ3) is 5.15. The Balaban J connectivity index is 1.70. The molecule has 1 heterocycles. The summed E-state index contributed by atoms with van der Waals surface area (Å²) in [6.07, 6.45) is 2.15. The molecule has 2 aromatic rings. The van der Waals surface area contributed by atoms with Gasteiger partial charge in [0.1, 0.15) is 0 Å². The number of benzene rings is 2. The first-order valence-corrected chi connectivity index (χ1v) is 10.6. The Hall–Kier alpha value is -2.22. The molecule has 0 aliphatic carbocycles. The summed E-state index contributed by atoms with van der Waals surface area (Å²) in [7, 11) is -3.72. The van der Waals surface area contributed by atoms with Crippen LogP contribution in [0, 0.1) is 6.92 Å². The van der Waals surface area contributed by atoms with Crippen molar-refractivity contribution < 1.29 is 13.2 Å². The fourth-order valence-corrected chi connectivity index (χ4v) is 4.42. The van der Waals surface area contributed by atoms with Gasteiger partial charge < -0.3 is 10.6 Å². The lowest BCUT2D eigenvalue weighted by molar-refractivity contribution is 0.0950. The van der Waals surface area contributed by atoms with Gasteiger partial charge in [0.25, 0.3) is 5.91 Å². The van der Waals surface area contributed by atoms with E-state index in [2.05, 4.69) is 15.4 Å². The van der Waals surface area contributed by atoms with E-state index in [0.29, 0.717) is 17.7 Å². The highest BCUT2D eigenvalue weighted by Gasteiger charge is 2.20. The molecule has 1 unspecified atom stereocenters. The van der Waals surface area contributed by atoms with Crippen LogP contribution in [0.5, 0.6) is 0 Å². The second-order valence-corrected chi connectivity index (χ2v) is 8.53. The van der Waals surface area contributed by atoms with Crippen LogP contribution in [0.2, 0.25) is 0 Å². The van der Waals surface area contributed by atoms with Crippen molar-refractivity contribution in [2.24, 2.45) is 0 Å². The molecule has 0 spiro atoms. The molecule has 1 aliphatic heterocycles. The summed E-state index contributed by atoms with van der Waals surface area (Å²) in [5.41, 5.74) is 1.82. The largest absolute Gasteiger partial charge is 0.350 e. The normalized spacial score (nSPS) is 17.0. The fraction of sp³-hybridized carbons (Fsp3) is 0.350. The van der Waals surface area contributed by atoms with Crippen molar-refractivity contribution in [3.05, 3.63) is 65.2 Å². The quantitative estimate of drug-likeness (QED) is 0.678. The van der Waals surface area contributed by atoms with Crippen molar-refractivity contribution in [2.75, 3.05) is 13.1 Å². The topological polar surface area (TPSA) is 87.3 Å². The summed E-state index contributed by atoms with van der Waals surface area (Å²) in [6.45, 7) is 3.44. The Kier molecular flexibility index (Phi) is 6.26. The zero-order valence-electron chi connectivity index (χ0n) is 15.4. The third-order valence-electron chi connectivity index (χ3n) is 4.72. The van der Waals surface area contributed by atoms with Crippen LogP contribution in [0.1, 0.15) is 34.3 Å². The van der Waals surface area contributed by atoms with Gasteiger partial charge in [-0.05, 0) is 49.6 Å². The summed E-state index contributed by atoms with van der Waals surface area (Å²) in [5.74, 6) is -0.261. The second-order valence-electron chi connectivity index (χ2n) is 6.79. The van der Waals surface area contributed by atoms with Gasteiger partial charge in [-0.1, -0.05) is 36.4 Å². The van der Waals surface area contributed by atoms with Crippen molar-refractivity contribution in [3.63, 3.8) is 0 Å². The highest BCUT2D eigenvalue weighted by atomic mass is 32.2. The number of carbonyl (C=O) groups excluding carboxylic acids is 1. The van der Waals surface area contributed by atoms with E-state index in [1.54, 1.807) is 19.1 Å². The number of sulfonamides is 1. The van der Waals surface area contributed by atoms with E-state index in [1.165, 1.54) is 6.07 Å². The first kappa shape index (κ1) is 19.5. The van der Waals surface area contributed by atoms with E-state index in [9.17, 15) is 13.2 Å². The lowest BCUT2D eigenvalue weighted by Crippen LogP contribution is -2.37. The standard InChI is InChI=1S/C20H25N3O3S/c1-15-9-10-17(20(24)22-14-18-8-5-11-21-18)12-19(15)27(25,26)23-13-16-6-3-2-4-7-16/h2-4,6-7,9-10,12,18,21,23H,5,8,11,13-14H2,1H3,(H,22,24). The Labute approximate surface area is 160 Å². The van der Waals surface area contributed by atoms with E-state index in [-0.39, 0.29) is 23.4 Å². The number of nitrogens with one attached hydrogen (secondary N) is 3. The van der Waals surface area contributed by atoms with E-state index in [1.807, 2.05) is 30.3 Å². The molecule has 0 saturated carbocycles. The van der Waals surface area contributed by atoms with Crippen molar-refractivity contribution >= 4 is 15.9 Å². The Bertz CT molecular complexity index is 892. The molecular formula is C20H25N3O3S. The van der Waals surface area contributed by atoms with Crippen LogP contribution in [-0.2, 0) is 16.6 Å². The SMILES string of the molecule is Cc1ccc(C(=O)NCC2CCCN2)cc1S(=O)(=O)NCc1ccccc1. The lowest BCUT2D eigenvalue weighted by atomic mass is 10.1. The van der Waals surface area contributed by atoms with Gasteiger partial charge in [-0.25, -0.2) is 13.1 Å². The van der Waals surface area contributed by atoms with E-state index in [4.69, 9.17) is 0 Å². The molecule has 0 bridgehead atoms. The van der Waals surface area contributed by atoms with Crippen LogP contribution in [-0.4, -0.2) is 33.5 Å². The highest BCUT2D eigenvalue weighted by molar-refractivity contribution is 7.89. The lowest BCUT2D eigenvalue weighted by Gasteiger charge is -2.13. The minimum absolute atomic E-state index is 0.130. The summed E-state index contributed by atoms with van der Waals surface area (Å²) >= 11 is 0. The van der Waals surface area contributed by atoms with Crippen molar-refractivity contribution in [1.82, 2.24) is 15.4 Å². The molecule has 1 amide bonds. The Morgan fingerprint density at radius 2 is 1.96 bits per heavy atom. The van der Waals surface area contributed by atoms with E-state index in [0.717, 1.165) is 24.9 Å². The molecule has 1 aliphatic rings. The average Bonchev–Trinajstić information content (AvgIpc) is 3.19. The van der Waals surface area contributed by atoms with Gasteiger partial charge in [0, 0.05) is 24.7 Å². The van der Waals surface area contributed by atoms with Crippen LogP contribution in [0.4, 0.5) is 0 Å². The molecule has 2 aromatic carbocycles. The molecular weight excluding hydrogens is 362 g/mol. The molecule has 0 radical (unpaired) electrons. The van der Waals surface area contributed by atoms with Gasteiger partial charge in [-0.3, -0.25) is 4.79 Å². The van der Waals surface area contributed by atoms with E-state index < -0.39 is 10.0 Å². The van der Waals surface area contributed by atoms with Crippen molar-refractivity contribution in [1.29, 1.82) is 0 Å². The first-order chi connectivity index (χ1) is 13.0. The molecule has 27 heavy (non-hydrogen) atoms. The maximum absolute atomic E-state index is 12.7. The monoisotopic (exact) mass is 387 g/mol. The molecule has 1 atom stereocenters. The van der Waals surface area contributed by atoms with Crippen LogP contribution < -0.4 is 15.4 Å². The fourth-order valence-electron chi connectivity index (χ4n) is 3.13. The van der Waals surface area contributed by atoms with Crippen LogP contribution in [0.25, 0.3) is 0 Å². The number of amides is 1. The summed E-state index contributed by atoms with van der Waals surface area (Å²) in [4.78, 5) is 12.5. The number of aryl methyl sites for hydroxylation is 1. The number of hydrogen-bond donors (Lipinski definition) is 3. The molecule has 1 fully saturated rings. The average molecular weight is 388 g/mol. The summed E-state index contributed by atoms with van der Waals surface area (Å²) < 4.78 is 28.0. The molecule has 1 saturated heterocycles. The minimum Gasteiger partial charge on any atom is -0.350 e. The van der Waals surface area contributed by atoms with Gasteiger partial charge in [-0.15, -0.1) is 0 Å². The third-order valence-corrected chi connectivity index (χ3v) is 6.26. The maximum atomic E-state index is 12.7. The smallest absolute Gasteiger partial charge is 0.251 e. The minimum atomic E-state index is -3.72. The van der Waals surface area contributed by atoms with Gasteiger partial charge >= 0.3 is 0 Å². The molecule has 7 heteroatoms. The molecule has 0 aromatic heterocycles. The summed E-state index contributed by atoms with van der Waals surface area (Å²) in [6, 6.07) is 14.4. The molecule has 3 N–H and O–H groups in total. The number of rotatable bonds is 7. The first-order valence-electron chi connectivity index (χ1n) is 9.11. The molecule has 6 nitrogen and oxygen atoms in total. The predicted octanol–water partition coefficient (Wildman–Crippen LogP) is 1.96. The van der Waals surface area contributed by atoms with Crippen LogP contribution >= 0.6 is 0 Å². The Morgan fingerprint density at radius 3 is 2.67 bits per heavy atom. The number of carbonyl (C=O) groups is 1. The van der Waals surface area contributed by atoms with Crippen molar-refractivity contribution in [3.8, 4) is 0 Å². The molecule has 3 rings (SSSR count). The van der Waals surface area contributed by atoms with E-state index >= 15 is 0 Å². The van der Waals surface area contributed by atoms with Gasteiger partial charge in [0.15, 0.2) is 0 Å². The Morgan fingerprint density at radius 1 is 1.19 bits per heavy atom. The molecule has 144 valence electrons. The van der Waals surface area contributed by atoms with Gasteiger partial charge in [0.2, 0.25) is 10.0 Å². The highest BCUT2D eigenvalue weighted by Crippen LogP contribution is 2.18. The zero-order chi connectivity index (χ0) is 19.3. The number of hydrogen-bond acceptors (Lipinski definition) is 4.